The van der Waals surface area contributed by atoms with Crippen LogP contribution in [0, 0.1) is 0 Å². The second-order valence-corrected chi connectivity index (χ2v) is 30.4. The van der Waals surface area contributed by atoms with E-state index in [1.54, 1.807) is 0 Å². The Morgan fingerprint density at radius 2 is 0.557 bits per heavy atom. The smallest absolute Gasteiger partial charge is 0.143 e. The first-order valence-corrected chi connectivity index (χ1v) is 37.1. The molecule has 0 fully saturated rings. The number of rotatable bonds is 8. The van der Waals surface area contributed by atoms with E-state index >= 15 is 0 Å². The van der Waals surface area contributed by atoms with Crippen LogP contribution in [0.5, 0.6) is 0 Å². The predicted octanol–water partition coefficient (Wildman–Crippen LogP) is 29.2. The SMILES string of the molecule is CC1(C)c2ccccc2-c2ccc(-c3ccc4c(-c5cccc6c5oc5ccccc56)c5ccccc5c(-c5cccc6c5oc5c(-c7ccc8c(c7)-c7ccc(-c9ccc%10c(-c%11cccc%12ccccc%11%12)c%11ccccc%11c(-c%11ccc(-c%12ccccc%12)cc%11)c%10c9)cc7C8(C)C)cccc56)c4c3)cc21. The summed E-state index contributed by atoms with van der Waals surface area (Å²) >= 11 is 0. The first kappa shape index (κ1) is 60.4. The fourth-order valence-electron chi connectivity index (χ4n) is 19.0. The van der Waals surface area contributed by atoms with Crippen molar-refractivity contribution in [2.24, 2.45) is 0 Å². The molecule has 0 atom stereocenters. The number of benzene rings is 18. The van der Waals surface area contributed by atoms with E-state index in [2.05, 4.69) is 367 Å². The quantitative estimate of drug-likeness (QED) is 0.142. The molecular weight excluding hydrogens is 1280 g/mol. The van der Waals surface area contributed by atoms with Crippen LogP contribution in [0.4, 0.5) is 0 Å². The summed E-state index contributed by atoms with van der Waals surface area (Å²) in [5.41, 5.74) is 32.3. The summed E-state index contributed by atoms with van der Waals surface area (Å²) in [5.74, 6) is 0. The molecule has 0 aliphatic heterocycles. The van der Waals surface area contributed by atoms with Crippen molar-refractivity contribution in [3.63, 3.8) is 0 Å². The van der Waals surface area contributed by atoms with Crippen molar-refractivity contribution in [2.75, 3.05) is 0 Å². The lowest BCUT2D eigenvalue weighted by Gasteiger charge is -2.22. The van der Waals surface area contributed by atoms with Crippen molar-refractivity contribution < 1.29 is 8.83 Å². The molecule has 0 spiro atoms. The molecule has 0 N–H and O–H groups in total. The third-order valence-corrected chi connectivity index (χ3v) is 24.1. The number of hydrogen-bond acceptors (Lipinski definition) is 2. The minimum Gasteiger partial charge on any atom is -0.455 e. The third kappa shape index (κ3) is 8.79. The van der Waals surface area contributed by atoms with Crippen molar-refractivity contribution in [1.82, 2.24) is 0 Å². The van der Waals surface area contributed by atoms with E-state index in [9.17, 15) is 0 Å². The molecule has 18 aromatic carbocycles. The zero-order valence-corrected chi connectivity index (χ0v) is 59.1. The van der Waals surface area contributed by atoms with E-state index in [4.69, 9.17) is 8.83 Å². The van der Waals surface area contributed by atoms with Crippen molar-refractivity contribution in [2.45, 2.75) is 38.5 Å². The summed E-state index contributed by atoms with van der Waals surface area (Å²) in [6, 6.07) is 127. The Bertz CT molecular complexity index is 7170. The largest absolute Gasteiger partial charge is 0.455 e. The number of furan rings is 2. The molecule has 2 heterocycles. The Labute approximate surface area is 614 Å². The molecule has 0 radical (unpaired) electrons. The lowest BCUT2D eigenvalue weighted by Crippen LogP contribution is -2.15. The molecule has 0 unspecified atom stereocenters. The maximum absolute atomic E-state index is 7.59. The van der Waals surface area contributed by atoms with Crippen molar-refractivity contribution in [3.8, 4) is 111 Å². The van der Waals surface area contributed by atoms with Gasteiger partial charge in [-0.1, -0.05) is 331 Å². The van der Waals surface area contributed by atoms with Crippen LogP contribution >= 0.6 is 0 Å². The van der Waals surface area contributed by atoms with Crippen LogP contribution in [-0.4, -0.2) is 0 Å². The molecule has 20 aromatic rings. The van der Waals surface area contributed by atoms with Crippen LogP contribution in [-0.2, 0) is 10.8 Å². The van der Waals surface area contributed by atoms with E-state index in [1.165, 1.54) is 127 Å². The molecule has 0 bridgehead atoms. The fourth-order valence-corrected chi connectivity index (χ4v) is 19.0. The maximum atomic E-state index is 7.59. The minimum atomic E-state index is -0.276. The van der Waals surface area contributed by atoms with Gasteiger partial charge in [0.15, 0.2) is 0 Å². The highest BCUT2D eigenvalue weighted by Crippen LogP contribution is 2.56. The summed E-state index contributed by atoms with van der Waals surface area (Å²) in [5, 5.41) is 16.4. The first-order valence-electron chi connectivity index (χ1n) is 37.1. The Morgan fingerprint density at radius 1 is 0.179 bits per heavy atom. The van der Waals surface area contributed by atoms with Gasteiger partial charge in [0.25, 0.3) is 0 Å². The van der Waals surface area contributed by atoms with Crippen LogP contribution in [0.2, 0.25) is 0 Å². The fraction of sp³-hybridized carbons (Fsp3) is 0.0577. The van der Waals surface area contributed by atoms with Crippen LogP contribution in [0.3, 0.4) is 0 Å². The van der Waals surface area contributed by atoms with Gasteiger partial charge in [-0.05, 0) is 196 Å². The van der Waals surface area contributed by atoms with Gasteiger partial charge in [-0.3, -0.25) is 0 Å². The molecule has 106 heavy (non-hydrogen) atoms. The molecule has 0 saturated heterocycles. The molecule has 2 aromatic heterocycles. The maximum Gasteiger partial charge on any atom is 0.143 e. The minimum absolute atomic E-state index is 0.147. The second kappa shape index (κ2) is 22.7. The third-order valence-electron chi connectivity index (χ3n) is 24.1. The number of hydrogen-bond donors (Lipinski definition) is 0. The summed E-state index contributed by atoms with van der Waals surface area (Å²) in [6.07, 6.45) is 0. The molecule has 2 aliphatic carbocycles. The van der Waals surface area contributed by atoms with Crippen LogP contribution < -0.4 is 0 Å². The molecule has 22 rings (SSSR count). The summed E-state index contributed by atoms with van der Waals surface area (Å²) in [4.78, 5) is 0. The summed E-state index contributed by atoms with van der Waals surface area (Å²) in [6.45, 7) is 9.54. The molecule has 496 valence electrons. The lowest BCUT2D eigenvalue weighted by atomic mass is 9.81. The molecule has 2 heteroatoms. The first-order chi connectivity index (χ1) is 52.1. The Morgan fingerprint density at radius 3 is 1.22 bits per heavy atom. The van der Waals surface area contributed by atoms with Gasteiger partial charge in [-0.25, -0.2) is 0 Å². The van der Waals surface area contributed by atoms with Gasteiger partial charge >= 0.3 is 0 Å². The van der Waals surface area contributed by atoms with Gasteiger partial charge in [0.2, 0.25) is 0 Å². The lowest BCUT2D eigenvalue weighted by molar-refractivity contribution is 0.660. The van der Waals surface area contributed by atoms with Crippen LogP contribution in [0.25, 0.3) is 209 Å². The second-order valence-electron chi connectivity index (χ2n) is 30.4. The van der Waals surface area contributed by atoms with E-state index < -0.39 is 0 Å². The summed E-state index contributed by atoms with van der Waals surface area (Å²) in [7, 11) is 0. The van der Waals surface area contributed by atoms with Crippen molar-refractivity contribution in [1.29, 1.82) is 0 Å². The number of para-hydroxylation sites is 4. The van der Waals surface area contributed by atoms with Crippen molar-refractivity contribution >= 4 is 97.7 Å². The Hall–Kier alpha value is -13.1. The molecule has 0 amide bonds. The van der Waals surface area contributed by atoms with Gasteiger partial charge in [0, 0.05) is 60.2 Å². The zero-order valence-electron chi connectivity index (χ0n) is 59.1. The average molecular weight is 1350 g/mol. The van der Waals surface area contributed by atoms with Gasteiger partial charge in [0.1, 0.15) is 22.3 Å². The van der Waals surface area contributed by atoms with Gasteiger partial charge in [0.05, 0.1) is 0 Å². The van der Waals surface area contributed by atoms with Gasteiger partial charge in [-0.15, -0.1) is 0 Å². The average Bonchev–Trinajstić information content (AvgIpc) is 1.72. The van der Waals surface area contributed by atoms with Gasteiger partial charge < -0.3 is 8.83 Å². The van der Waals surface area contributed by atoms with Crippen LogP contribution in [0.1, 0.15) is 49.9 Å². The van der Waals surface area contributed by atoms with Gasteiger partial charge in [-0.2, -0.15) is 0 Å². The normalized spacial score (nSPS) is 13.4. The number of fused-ring (bicyclic) bond motifs is 17. The van der Waals surface area contributed by atoms with E-state index in [0.29, 0.717) is 0 Å². The van der Waals surface area contributed by atoms with E-state index in [1.807, 2.05) is 0 Å². The topological polar surface area (TPSA) is 26.3 Å². The Kier molecular flexibility index (Phi) is 12.9. The van der Waals surface area contributed by atoms with Crippen molar-refractivity contribution in [3.05, 3.63) is 362 Å². The highest BCUT2D eigenvalue weighted by atomic mass is 16.3. The Balaban J connectivity index is 0.690. The molecular formula is C104H68O2. The van der Waals surface area contributed by atoms with E-state index in [0.717, 1.165) is 104 Å². The zero-order chi connectivity index (χ0) is 70.3. The predicted molar refractivity (Wildman–Crippen MR) is 447 cm³/mol. The monoisotopic (exact) mass is 1350 g/mol. The molecule has 2 aliphatic rings. The van der Waals surface area contributed by atoms with E-state index in [-0.39, 0.29) is 10.8 Å². The standard InChI is InChI=1S/C104H68O2/c1-103(2)91-40-16-14-27-72(91)73-51-46-67(59-93(73)103)66-49-54-82-90(57-66)99(80-32-13-12-31-79(80)98(82)86-38-20-35-83-75-28-15-17-41-95(75)105-101(83)86)87-39-21-37-85-84-36-19-33-71(100(84)106-102(85)87)69-50-55-92-88(58-69)74-52-47-68(60-94(74)104(92,3)4)65-48-53-81-89(56-65)96(64-44-42-62(43-45-64)61-22-6-5-7-23-61)77-29-10-11-30-78(77)97(81)76-34-18-25-63-24-8-9-26-70(63)76/h5-60H,1-4H3. The molecule has 2 nitrogen and oxygen atoms in total. The summed E-state index contributed by atoms with van der Waals surface area (Å²) < 4.78 is 14.5. The highest BCUT2D eigenvalue weighted by Gasteiger charge is 2.38. The molecule has 0 saturated carbocycles. The highest BCUT2D eigenvalue weighted by molar-refractivity contribution is 6.28. The van der Waals surface area contributed by atoms with Crippen LogP contribution in [0.15, 0.2) is 349 Å².